The Kier molecular flexibility index (Phi) is 5.10. The van der Waals surface area contributed by atoms with Gasteiger partial charge in [-0.05, 0) is 30.5 Å². The molecule has 0 aliphatic rings. The molecule has 1 aromatic carbocycles. The summed E-state index contributed by atoms with van der Waals surface area (Å²) in [5.41, 5.74) is -0.722. The highest BCUT2D eigenvalue weighted by Crippen LogP contribution is 2.24. The zero-order valence-corrected chi connectivity index (χ0v) is 11.7. The Bertz CT molecular complexity index is 378. The molecule has 0 aliphatic carbocycles. The Morgan fingerprint density at radius 3 is 2.41 bits per heavy atom. The number of aliphatic hydroxyl groups excluding tert-OH is 1. The topological polar surface area (TPSA) is 40.5 Å². The normalized spacial score (nSPS) is 13.8. The predicted molar refractivity (Wildman–Crippen MR) is 69.3 cm³/mol. The zero-order valence-electron chi connectivity index (χ0n) is 10.1. The monoisotopic (exact) mass is 304 g/mol. The molecular weight excluding hydrogens is 287 g/mol. The van der Waals surface area contributed by atoms with Crippen LogP contribution in [0.5, 0.6) is 0 Å². The van der Waals surface area contributed by atoms with E-state index in [9.17, 15) is 14.6 Å². The van der Waals surface area contributed by atoms with Gasteiger partial charge in [-0.1, -0.05) is 35.8 Å². The lowest BCUT2D eigenvalue weighted by Gasteiger charge is -2.31. The summed E-state index contributed by atoms with van der Waals surface area (Å²) in [5.74, 6) is -0.368. The van der Waals surface area contributed by atoms with Gasteiger partial charge in [0.05, 0.1) is 11.7 Å². The molecule has 4 heteroatoms. The van der Waals surface area contributed by atoms with Gasteiger partial charge in [-0.2, -0.15) is 0 Å². The smallest absolute Gasteiger partial charge is 0.127 e. The fourth-order valence-electron chi connectivity index (χ4n) is 1.81. The Hall–Kier alpha value is -0.450. The van der Waals surface area contributed by atoms with Crippen LogP contribution in [0.4, 0.5) is 4.39 Å². The molecule has 1 unspecified atom stereocenters. The molecule has 0 amide bonds. The summed E-state index contributed by atoms with van der Waals surface area (Å²) < 4.78 is 14.2. The van der Waals surface area contributed by atoms with Gasteiger partial charge >= 0.3 is 0 Å². The molecule has 0 spiro atoms. The first kappa shape index (κ1) is 14.6. The molecule has 1 atom stereocenters. The number of hydrogen-bond acceptors (Lipinski definition) is 2. The van der Waals surface area contributed by atoms with Gasteiger partial charge in [0.25, 0.3) is 0 Å². The molecule has 0 bridgehead atoms. The second-order valence-electron chi connectivity index (χ2n) is 4.27. The average Bonchev–Trinajstić information content (AvgIpc) is 2.31. The van der Waals surface area contributed by atoms with Gasteiger partial charge in [0.1, 0.15) is 5.82 Å². The van der Waals surface area contributed by atoms with E-state index in [0.717, 1.165) is 0 Å². The van der Waals surface area contributed by atoms with Crippen LogP contribution in [0.25, 0.3) is 0 Å². The summed E-state index contributed by atoms with van der Waals surface area (Å²) in [6, 6.07) is 4.70. The van der Waals surface area contributed by atoms with Crippen molar-refractivity contribution in [3.63, 3.8) is 0 Å². The Balaban J connectivity index is 2.84. The number of hydrogen-bond donors (Lipinski definition) is 2. The zero-order chi connectivity index (χ0) is 13.1. The Labute approximate surface area is 110 Å². The SMILES string of the molecule is CCC(O)(CC)C(O)Cc1ccc(Br)cc1F. The van der Waals surface area contributed by atoms with Crippen molar-refractivity contribution in [2.45, 2.75) is 44.8 Å². The molecule has 0 fully saturated rings. The van der Waals surface area contributed by atoms with Crippen molar-refractivity contribution >= 4 is 15.9 Å². The average molecular weight is 305 g/mol. The van der Waals surface area contributed by atoms with E-state index < -0.39 is 11.7 Å². The molecule has 1 aromatic rings. The van der Waals surface area contributed by atoms with Crippen LogP contribution in [-0.2, 0) is 6.42 Å². The maximum Gasteiger partial charge on any atom is 0.127 e. The summed E-state index contributed by atoms with van der Waals surface area (Å²) in [4.78, 5) is 0. The number of aliphatic hydroxyl groups is 2. The highest BCUT2D eigenvalue weighted by molar-refractivity contribution is 9.10. The molecule has 17 heavy (non-hydrogen) atoms. The van der Waals surface area contributed by atoms with Crippen molar-refractivity contribution < 1.29 is 14.6 Å². The van der Waals surface area contributed by atoms with Crippen molar-refractivity contribution in [1.29, 1.82) is 0 Å². The molecule has 0 aliphatic heterocycles. The van der Waals surface area contributed by atoms with E-state index in [1.54, 1.807) is 12.1 Å². The summed E-state index contributed by atoms with van der Waals surface area (Å²) >= 11 is 3.18. The van der Waals surface area contributed by atoms with Crippen LogP contribution >= 0.6 is 15.9 Å². The van der Waals surface area contributed by atoms with E-state index in [4.69, 9.17) is 0 Å². The second-order valence-corrected chi connectivity index (χ2v) is 5.18. The van der Waals surface area contributed by atoms with E-state index in [0.29, 0.717) is 22.9 Å². The minimum Gasteiger partial charge on any atom is -0.390 e. The van der Waals surface area contributed by atoms with Gasteiger partial charge in [-0.25, -0.2) is 4.39 Å². The van der Waals surface area contributed by atoms with E-state index in [-0.39, 0.29) is 12.2 Å². The summed E-state index contributed by atoms with van der Waals surface area (Å²) in [5, 5.41) is 20.1. The molecule has 0 aromatic heterocycles. The van der Waals surface area contributed by atoms with Crippen LogP contribution in [0.15, 0.2) is 22.7 Å². The minimum atomic E-state index is -1.14. The molecule has 96 valence electrons. The van der Waals surface area contributed by atoms with E-state index in [2.05, 4.69) is 15.9 Å². The fourth-order valence-corrected chi connectivity index (χ4v) is 2.14. The van der Waals surface area contributed by atoms with Gasteiger partial charge in [0, 0.05) is 10.9 Å². The summed E-state index contributed by atoms with van der Waals surface area (Å²) in [6.07, 6.45) is 0.0660. The van der Waals surface area contributed by atoms with Crippen LogP contribution in [-0.4, -0.2) is 21.9 Å². The Morgan fingerprint density at radius 2 is 1.94 bits per heavy atom. The lowest BCUT2D eigenvalue weighted by atomic mass is 9.87. The fraction of sp³-hybridized carbons (Fsp3) is 0.538. The third kappa shape index (κ3) is 3.50. The van der Waals surface area contributed by atoms with Crippen molar-refractivity contribution in [3.8, 4) is 0 Å². The number of benzene rings is 1. The standard InChI is InChI=1S/C13H18BrFO2/c1-3-13(17,4-2)12(16)7-9-5-6-10(14)8-11(9)15/h5-6,8,12,16-17H,3-4,7H2,1-2H3. The van der Waals surface area contributed by atoms with Crippen molar-refractivity contribution in [3.05, 3.63) is 34.1 Å². The first-order valence-electron chi connectivity index (χ1n) is 5.77. The summed E-state index contributed by atoms with van der Waals surface area (Å²) in [7, 11) is 0. The third-order valence-corrected chi connectivity index (χ3v) is 3.77. The van der Waals surface area contributed by atoms with Crippen molar-refractivity contribution in [2.75, 3.05) is 0 Å². The molecule has 0 saturated carbocycles. The van der Waals surface area contributed by atoms with Crippen LogP contribution in [0, 0.1) is 5.82 Å². The maximum absolute atomic E-state index is 13.6. The van der Waals surface area contributed by atoms with E-state index in [1.807, 2.05) is 13.8 Å². The van der Waals surface area contributed by atoms with Crippen LogP contribution in [0.2, 0.25) is 0 Å². The predicted octanol–water partition coefficient (Wildman–Crippen LogP) is 3.04. The van der Waals surface area contributed by atoms with E-state index >= 15 is 0 Å². The molecular formula is C13H18BrFO2. The number of rotatable bonds is 5. The molecule has 0 saturated heterocycles. The highest BCUT2D eigenvalue weighted by Gasteiger charge is 2.32. The second kappa shape index (κ2) is 5.94. The van der Waals surface area contributed by atoms with Crippen molar-refractivity contribution in [1.82, 2.24) is 0 Å². The Morgan fingerprint density at radius 1 is 1.35 bits per heavy atom. The molecule has 2 N–H and O–H groups in total. The molecule has 2 nitrogen and oxygen atoms in total. The number of halogens is 2. The van der Waals surface area contributed by atoms with Crippen LogP contribution in [0.1, 0.15) is 32.3 Å². The summed E-state index contributed by atoms with van der Waals surface area (Å²) in [6.45, 7) is 3.62. The molecule has 1 rings (SSSR count). The highest BCUT2D eigenvalue weighted by atomic mass is 79.9. The largest absolute Gasteiger partial charge is 0.390 e. The van der Waals surface area contributed by atoms with Crippen LogP contribution < -0.4 is 0 Å². The van der Waals surface area contributed by atoms with Gasteiger partial charge in [0.15, 0.2) is 0 Å². The lowest BCUT2D eigenvalue weighted by Crippen LogP contribution is -2.42. The van der Waals surface area contributed by atoms with Gasteiger partial charge in [0.2, 0.25) is 0 Å². The lowest BCUT2D eigenvalue weighted by molar-refractivity contribution is -0.0792. The molecule has 0 radical (unpaired) electrons. The first-order valence-corrected chi connectivity index (χ1v) is 6.56. The third-order valence-electron chi connectivity index (χ3n) is 3.27. The first-order chi connectivity index (χ1) is 7.92. The maximum atomic E-state index is 13.6. The van der Waals surface area contributed by atoms with Gasteiger partial charge in [-0.15, -0.1) is 0 Å². The van der Waals surface area contributed by atoms with Gasteiger partial charge in [-0.3, -0.25) is 0 Å². The quantitative estimate of drug-likeness (QED) is 0.878. The van der Waals surface area contributed by atoms with Gasteiger partial charge < -0.3 is 10.2 Å². The minimum absolute atomic E-state index is 0.122. The van der Waals surface area contributed by atoms with Crippen LogP contribution in [0.3, 0.4) is 0 Å². The molecule has 0 heterocycles. The van der Waals surface area contributed by atoms with E-state index in [1.165, 1.54) is 6.07 Å². The van der Waals surface area contributed by atoms with Crippen molar-refractivity contribution in [2.24, 2.45) is 0 Å².